The SMILES string of the molecule is C=C/C(=C\C=C/C)N1CCN2C(=O)N(OCc3ccccc3)C(=O)C2C1. The van der Waals surface area contributed by atoms with E-state index in [0.717, 1.165) is 16.3 Å². The summed E-state index contributed by atoms with van der Waals surface area (Å²) in [6.07, 6.45) is 7.58. The zero-order valence-electron chi connectivity index (χ0n) is 14.9. The maximum atomic E-state index is 12.7. The number of carbonyl (C=O) groups is 2. The largest absolute Gasteiger partial charge is 0.367 e. The Kier molecular flexibility index (Phi) is 5.53. The topological polar surface area (TPSA) is 53.1 Å². The first kappa shape index (κ1) is 17.9. The highest BCUT2D eigenvalue weighted by Gasteiger charge is 2.48. The molecule has 0 N–H and O–H groups in total. The predicted octanol–water partition coefficient (Wildman–Crippen LogP) is 2.71. The average Bonchev–Trinajstić information content (AvgIpc) is 2.92. The molecule has 136 valence electrons. The van der Waals surface area contributed by atoms with Crippen molar-refractivity contribution in [3.05, 3.63) is 72.5 Å². The van der Waals surface area contributed by atoms with Crippen LogP contribution in [0.25, 0.3) is 0 Å². The molecular weight excluding hydrogens is 330 g/mol. The van der Waals surface area contributed by atoms with Gasteiger partial charge in [-0.3, -0.25) is 9.63 Å². The molecule has 0 spiro atoms. The zero-order valence-corrected chi connectivity index (χ0v) is 14.9. The van der Waals surface area contributed by atoms with Gasteiger partial charge < -0.3 is 9.80 Å². The molecule has 0 bridgehead atoms. The number of benzene rings is 1. The minimum absolute atomic E-state index is 0.182. The van der Waals surface area contributed by atoms with Crippen molar-refractivity contribution in [3.63, 3.8) is 0 Å². The van der Waals surface area contributed by atoms with Crippen molar-refractivity contribution < 1.29 is 14.4 Å². The highest BCUT2D eigenvalue weighted by atomic mass is 16.7. The van der Waals surface area contributed by atoms with Crippen LogP contribution in [0.3, 0.4) is 0 Å². The fraction of sp³-hybridized carbons (Fsp3) is 0.300. The summed E-state index contributed by atoms with van der Waals surface area (Å²) >= 11 is 0. The van der Waals surface area contributed by atoms with Crippen molar-refractivity contribution in [1.82, 2.24) is 14.9 Å². The molecule has 1 atom stereocenters. The molecule has 2 aliphatic heterocycles. The molecule has 1 aromatic rings. The zero-order chi connectivity index (χ0) is 18.5. The third-order valence-electron chi connectivity index (χ3n) is 4.52. The van der Waals surface area contributed by atoms with Gasteiger partial charge in [0, 0.05) is 25.3 Å². The molecule has 0 saturated carbocycles. The number of hydrogen-bond acceptors (Lipinski definition) is 4. The van der Waals surface area contributed by atoms with Crippen molar-refractivity contribution in [1.29, 1.82) is 0 Å². The molecule has 2 aliphatic rings. The lowest BCUT2D eigenvalue weighted by Gasteiger charge is -2.37. The molecule has 2 saturated heterocycles. The van der Waals surface area contributed by atoms with Crippen LogP contribution in [-0.4, -0.2) is 52.5 Å². The third kappa shape index (κ3) is 3.55. The van der Waals surface area contributed by atoms with Gasteiger partial charge >= 0.3 is 6.03 Å². The summed E-state index contributed by atoms with van der Waals surface area (Å²) < 4.78 is 0. The van der Waals surface area contributed by atoms with E-state index in [1.165, 1.54) is 0 Å². The average molecular weight is 353 g/mol. The summed E-state index contributed by atoms with van der Waals surface area (Å²) in [5, 5.41) is 0.907. The number of allylic oxidation sites excluding steroid dienone is 4. The van der Waals surface area contributed by atoms with Crippen LogP contribution in [0.4, 0.5) is 4.79 Å². The van der Waals surface area contributed by atoms with E-state index in [2.05, 4.69) is 11.5 Å². The number of amides is 3. The predicted molar refractivity (Wildman–Crippen MR) is 98.6 cm³/mol. The maximum Gasteiger partial charge on any atom is 0.352 e. The van der Waals surface area contributed by atoms with Crippen LogP contribution in [0.15, 0.2) is 66.9 Å². The van der Waals surface area contributed by atoms with E-state index in [1.807, 2.05) is 55.5 Å². The summed E-state index contributed by atoms with van der Waals surface area (Å²) in [6.45, 7) is 7.52. The van der Waals surface area contributed by atoms with Crippen molar-refractivity contribution in [2.45, 2.75) is 19.6 Å². The molecule has 0 radical (unpaired) electrons. The van der Waals surface area contributed by atoms with Crippen LogP contribution in [0.1, 0.15) is 12.5 Å². The van der Waals surface area contributed by atoms with E-state index in [9.17, 15) is 9.59 Å². The first-order valence-corrected chi connectivity index (χ1v) is 8.67. The van der Waals surface area contributed by atoms with Crippen LogP contribution in [0.5, 0.6) is 0 Å². The normalized spacial score (nSPS) is 20.9. The number of carbonyl (C=O) groups excluding carboxylic acids is 2. The lowest BCUT2D eigenvalue weighted by Crippen LogP contribution is -2.52. The molecule has 2 fully saturated rings. The molecular formula is C20H23N3O3. The molecule has 0 aromatic heterocycles. The van der Waals surface area contributed by atoms with Crippen molar-refractivity contribution in [3.8, 4) is 0 Å². The van der Waals surface area contributed by atoms with Gasteiger partial charge in [0.15, 0.2) is 0 Å². The molecule has 1 aromatic carbocycles. The first-order valence-electron chi connectivity index (χ1n) is 8.67. The van der Waals surface area contributed by atoms with Gasteiger partial charge in [-0.25, -0.2) is 4.79 Å². The van der Waals surface area contributed by atoms with E-state index in [4.69, 9.17) is 4.84 Å². The molecule has 3 rings (SSSR count). The molecule has 26 heavy (non-hydrogen) atoms. The minimum Gasteiger partial charge on any atom is -0.367 e. The minimum atomic E-state index is -0.527. The van der Waals surface area contributed by atoms with Gasteiger partial charge in [0.2, 0.25) is 0 Å². The van der Waals surface area contributed by atoms with Crippen molar-refractivity contribution in [2.24, 2.45) is 0 Å². The summed E-state index contributed by atoms with van der Waals surface area (Å²) in [4.78, 5) is 34.4. The second-order valence-electron chi connectivity index (χ2n) is 6.15. The summed E-state index contributed by atoms with van der Waals surface area (Å²) in [6, 6.07) is 8.56. The van der Waals surface area contributed by atoms with E-state index >= 15 is 0 Å². The summed E-state index contributed by atoms with van der Waals surface area (Å²) in [5.74, 6) is -0.315. The van der Waals surface area contributed by atoms with Gasteiger partial charge in [-0.15, -0.1) is 5.06 Å². The monoisotopic (exact) mass is 353 g/mol. The van der Waals surface area contributed by atoms with Crippen molar-refractivity contribution in [2.75, 3.05) is 19.6 Å². The molecule has 2 heterocycles. The van der Waals surface area contributed by atoms with E-state index < -0.39 is 6.04 Å². The lowest BCUT2D eigenvalue weighted by molar-refractivity contribution is -0.167. The van der Waals surface area contributed by atoms with Gasteiger partial charge in [0.1, 0.15) is 12.6 Å². The maximum absolute atomic E-state index is 12.7. The highest BCUT2D eigenvalue weighted by Crippen LogP contribution is 2.25. The number of imide groups is 1. The number of hydrogen-bond donors (Lipinski definition) is 0. The Labute approximate surface area is 153 Å². The number of hydroxylamine groups is 2. The highest BCUT2D eigenvalue weighted by molar-refractivity contribution is 6.03. The molecule has 6 heteroatoms. The smallest absolute Gasteiger partial charge is 0.352 e. The Hall–Kier alpha value is -2.86. The number of fused-ring (bicyclic) bond motifs is 1. The second kappa shape index (κ2) is 8.01. The van der Waals surface area contributed by atoms with E-state index in [0.29, 0.717) is 19.6 Å². The Morgan fingerprint density at radius 2 is 2.04 bits per heavy atom. The summed E-state index contributed by atoms with van der Waals surface area (Å²) in [5.41, 5.74) is 1.84. The Morgan fingerprint density at radius 1 is 1.27 bits per heavy atom. The van der Waals surface area contributed by atoms with Crippen molar-refractivity contribution >= 4 is 11.9 Å². The van der Waals surface area contributed by atoms with E-state index in [-0.39, 0.29) is 18.5 Å². The molecule has 1 unspecified atom stereocenters. The van der Waals surface area contributed by atoms with Crippen LogP contribution in [-0.2, 0) is 16.2 Å². The molecule has 6 nitrogen and oxygen atoms in total. The standard InChI is InChI=1S/C20H23N3O3/c1-3-5-11-17(4-2)21-12-13-22-18(14-21)19(24)23(20(22)25)26-15-16-9-7-6-8-10-16/h3-11,18H,2,12-15H2,1H3/b5-3-,17-11+. The van der Waals surface area contributed by atoms with Crippen LogP contribution < -0.4 is 0 Å². The van der Waals surface area contributed by atoms with Gasteiger partial charge in [-0.05, 0) is 24.6 Å². The first-order chi connectivity index (χ1) is 12.7. The van der Waals surface area contributed by atoms with Gasteiger partial charge in [-0.1, -0.05) is 49.1 Å². The van der Waals surface area contributed by atoms with Crippen LogP contribution in [0.2, 0.25) is 0 Å². The number of urea groups is 1. The quantitative estimate of drug-likeness (QED) is 0.583. The number of rotatable bonds is 6. The second-order valence-corrected chi connectivity index (χ2v) is 6.15. The number of piperazine rings is 1. The lowest BCUT2D eigenvalue weighted by atomic mass is 10.1. The Bertz CT molecular complexity index is 742. The Balaban J connectivity index is 1.68. The Morgan fingerprint density at radius 3 is 2.73 bits per heavy atom. The van der Waals surface area contributed by atoms with Crippen LogP contribution >= 0.6 is 0 Å². The number of nitrogens with zero attached hydrogens (tertiary/aromatic N) is 3. The van der Waals surface area contributed by atoms with E-state index in [1.54, 1.807) is 11.0 Å². The molecule has 0 aliphatic carbocycles. The summed E-state index contributed by atoms with van der Waals surface area (Å²) in [7, 11) is 0. The van der Waals surface area contributed by atoms with Gasteiger partial charge in [0.05, 0.1) is 0 Å². The van der Waals surface area contributed by atoms with Gasteiger partial charge in [-0.2, -0.15) is 0 Å². The third-order valence-corrected chi connectivity index (χ3v) is 4.52. The van der Waals surface area contributed by atoms with Gasteiger partial charge in [0.25, 0.3) is 5.91 Å². The fourth-order valence-corrected chi connectivity index (χ4v) is 3.13. The fourth-order valence-electron chi connectivity index (χ4n) is 3.13. The molecule has 3 amide bonds. The van der Waals surface area contributed by atoms with Crippen LogP contribution in [0, 0.1) is 0 Å².